The topological polar surface area (TPSA) is 9.23 Å². The Morgan fingerprint density at radius 3 is 2.38 bits per heavy atom. The summed E-state index contributed by atoms with van der Waals surface area (Å²) in [6, 6.07) is 8.16. The molecule has 0 saturated carbocycles. The number of aryl methyl sites for hydroxylation is 1. The molecular formula is C10H16BrOP. The molecule has 0 N–H and O–H groups in total. The number of hydrogen-bond acceptors (Lipinski definition) is 1. The van der Waals surface area contributed by atoms with E-state index in [4.69, 9.17) is 4.74 Å². The van der Waals surface area contributed by atoms with E-state index in [-0.39, 0.29) is 17.0 Å². The molecular weight excluding hydrogens is 247 g/mol. The number of benzene rings is 1. The van der Waals surface area contributed by atoms with Crippen LogP contribution in [0.1, 0.15) is 12.0 Å². The number of ether oxygens (including phenoxy) is 1. The molecule has 0 aromatic heterocycles. The standard InChI is InChI=1S/C10H15OP.BrH/c1-9-3-5-10(6-4-9)11-7-2-8-12;/h3-6H,2,7-8,12H2,1H3;1H. The first-order valence-electron chi connectivity index (χ1n) is 4.22. The third-order valence-corrected chi connectivity index (χ3v) is 2.05. The van der Waals surface area contributed by atoms with E-state index in [1.54, 1.807) is 0 Å². The molecule has 1 nitrogen and oxygen atoms in total. The zero-order valence-corrected chi connectivity index (χ0v) is 10.7. The number of halogens is 1. The van der Waals surface area contributed by atoms with Crippen LogP contribution in [0.25, 0.3) is 0 Å². The first-order valence-corrected chi connectivity index (χ1v) is 5.04. The third-order valence-electron chi connectivity index (χ3n) is 1.64. The highest BCUT2D eigenvalue weighted by atomic mass is 79.9. The summed E-state index contributed by atoms with van der Waals surface area (Å²) < 4.78 is 5.49. The molecule has 0 aliphatic heterocycles. The van der Waals surface area contributed by atoms with E-state index in [0.717, 1.165) is 24.9 Å². The lowest BCUT2D eigenvalue weighted by Gasteiger charge is -2.04. The zero-order chi connectivity index (χ0) is 8.81. The minimum Gasteiger partial charge on any atom is -0.494 e. The first-order chi connectivity index (χ1) is 5.83. The van der Waals surface area contributed by atoms with Gasteiger partial charge in [0.25, 0.3) is 0 Å². The van der Waals surface area contributed by atoms with E-state index in [9.17, 15) is 0 Å². The Morgan fingerprint density at radius 2 is 1.85 bits per heavy atom. The second-order valence-corrected chi connectivity index (χ2v) is 3.38. The fraction of sp³-hybridized carbons (Fsp3) is 0.400. The fourth-order valence-electron chi connectivity index (χ4n) is 0.908. The minimum atomic E-state index is 0. The molecule has 0 aliphatic rings. The van der Waals surface area contributed by atoms with Gasteiger partial charge in [0.05, 0.1) is 6.61 Å². The van der Waals surface area contributed by atoms with Gasteiger partial charge in [0.15, 0.2) is 0 Å². The van der Waals surface area contributed by atoms with Crippen LogP contribution >= 0.6 is 26.2 Å². The smallest absolute Gasteiger partial charge is 0.119 e. The van der Waals surface area contributed by atoms with Crippen molar-refractivity contribution in [3.8, 4) is 5.75 Å². The summed E-state index contributed by atoms with van der Waals surface area (Å²) in [5.41, 5.74) is 1.27. The van der Waals surface area contributed by atoms with E-state index in [1.807, 2.05) is 12.1 Å². The lowest BCUT2D eigenvalue weighted by Crippen LogP contribution is -1.97. The van der Waals surface area contributed by atoms with Gasteiger partial charge in [-0.2, -0.15) is 0 Å². The molecule has 0 bridgehead atoms. The van der Waals surface area contributed by atoms with Crippen LogP contribution in [0.2, 0.25) is 0 Å². The van der Waals surface area contributed by atoms with Crippen LogP contribution in [0.5, 0.6) is 5.75 Å². The van der Waals surface area contributed by atoms with Crippen LogP contribution in [0.4, 0.5) is 0 Å². The van der Waals surface area contributed by atoms with Crippen molar-refractivity contribution in [1.29, 1.82) is 0 Å². The van der Waals surface area contributed by atoms with Crippen molar-refractivity contribution in [2.75, 3.05) is 12.8 Å². The fourth-order valence-corrected chi connectivity index (χ4v) is 1.07. The summed E-state index contributed by atoms with van der Waals surface area (Å²) in [6.45, 7) is 2.89. The maximum absolute atomic E-state index is 5.49. The van der Waals surface area contributed by atoms with Crippen LogP contribution in [0.3, 0.4) is 0 Å². The highest BCUT2D eigenvalue weighted by Crippen LogP contribution is 2.11. The highest BCUT2D eigenvalue weighted by Gasteiger charge is 1.91. The molecule has 0 amide bonds. The molecule has 13 heavy (non-hydrogen) atoms. The van der Waals surface area contributed by atoms with Crippen molar-refractivity contribution in [3.63, 3.8) is 0 Å². The van der Waals surface area contributed by atoms with Crippen LogP contribution in [-0.2, 0) is 0 Å². The molecule has 1 rings (SSSR count). The van der Waals surface area contributed by atoms with Crippen molar-refractivity contribution < 1.29 is 4.74 Å². The Kier molecular flexibility index (Phi) is 7.31. The lowest BCUT2D eigenvalue weighted by atomic mass is 10.2. The highest BCUT2D eigenvalue weighted by molar-refractivity contribution is 8.93. The Labute approximate surface area is 92.8 Å². The first kappa shape index (κ1) is 12.9. The summed E-state index contributed by atoms with van der Waals surface area (Å²) in [5, 5.41) is 0. The molecule has 74 valence electrons. The van der Waals surface area contributed by atoms with Gasteiger partial charge in [-0.1, -0.05) is 17.7 Å². The van der Waals surface area contributed by atoms with Crippen molar-refractivity contribution in [3.05, 3.63) is 29.8 Å². The monoisotopic (exact) mass is 262 g/mol. The van der Waals surface area contributed by atoms with Crippen LogP contribution < -0.4 is 4.74 Å². The molecule has 1 aromatic carbocycles. The van der Waals surface area contributed by atoms with Gasteiger partial charge in [0, 0.05) is 0 Å². The molecule has 0 radical (unpaired) electrons. The Balaban J connectivity index is 0.00000144. The molecule has 1 aromatic rings. The summed E-state index contributed by atoms with van der Waals surface area (Å²) in [4.78, 5) is 0. The molecule has 0 aliphatic carbocycles. The maximum Gasteiger partial charge on any atom is 0.119 e. The second kappa shape index (κ2) is 7.34. The van der Waals surface area contributed by atoms with Gasteiger partial charge < -0.3 is 4.74 Å². The second-order valence-electron chi connectivity index (χ2n) is 2.80. The van der Waals surface area contributed by atoms with Gasteiger partial charge >= 0.3 is 0 Å². The normalized spacial score (nSPS) is 9.08. The lowest BCUT2D eigenvalue weighted by molar-refractivity contribution is 0.318. The molecule has 1 unspecified atom stereocenters. The largest absolute Gasteiger partial charge is 0.494 e. The quantitative estimate of drug-likeness (QED) is 0.598. The summed E-state index contributed by atoms with van der Waals surface area (Å²) in [5.74, 6) is 0.971. The van der Waals surface area contributed by atoms with Gasteiger partial charge in [-0.3, -0.25) is 0 Å². The predicted octanol–water partition coefficient (Wildman–Crippen LogP) is 3.22. The van der Waals surface area contributed by atoms with Gasteiger partial charge in [0.1, 0.15) is 5.75 Å². The van der Waals surface area contributed by atoms with Crippen molar-refractivity contribution in [1.82, 2.24) is 0 Å². The summed E-state index contributed by atoms with van der Waals surface area (Å²) >= 11 is 0. The van der Waals surface area contributed by atoms with Crippen LogP contribution in [0, 0.1) is 6.92 Å². The van der Waals surface area contributed by atoms with E-state index >= 15 is 0 Å². The predicted molar refractivity (Wildman–Crippen MR) is 66.2 cm³/mol. The summed E-state index contributed by atoms with van der Waals surface area (Å²) in [7, 11) is 2.69. The maximum atomic E-state index is 5.49. The Morgan fingerprint density at radius 1 is 1.23 bits per heavy atom. The molecule has 1 atom stereocenters. The molecule has 0 heterocycles. The molecule has 0 fully saturated rings. The molecule has 3 heteroatoms. The van der Waals surface area contributed by atoms with Gasteiger partial charge in [-0.15, -0.1) is 26.2 Å². The number of hydrogen-bond donors (Lipinski definition) is 0. The number of rotatable bonds is 4. The third kappa shape index (κ3) is 5.28. The van der Waals surface area contributed by atoms with E-state index in [2.05, 4.69) is 28.3 Å². The van der Waals surface area contributed by atoms with Gasteiger partial charge in [-0.25, -0.2) is 0 Å². The Bertz CT molecular complexity index is 223. The van der Waals surface area contributed by atoms with E-state index in [1.165, 1.54) is 5.56 Å². The summed E-state index contributed by atoms with van der Waals surface area (Å²) in [6.07, 6.45) is 2.20. The van der Waals surface area contributed by atoms with Gasteiger partial charge in [0.2, 0.25) is 0 Å². The average molecular weight is 263 g/mol. The van der Waals surface area contributed by atoms with E-state index < -0.39 is 0 Å². The average Bonchev–Trinajstić information content (AvgIpc) is 2.09. The van der Waals surface area contributed by atoms with Crippen LogP contribution in [-0.4, -0.2) is 12.8 Å². The Hall–Kier alpha value is -0.0700. The SMILES string of the molecule is Br.Cc1ccc(OCCCP)cc1. The van der Waals surface area contributed by atoms with Crippen molar-refractivity contribution in [2.24, 2.45) is 0 Å². The van der Waals surface area contributed by atoms with Crippen molar-refractivity contribution >= 4 is 26.2 Å². The molecule has 0 saturated heterocycles. The van der Waals surface area contributed by atoms with Gasteiger partial charge in [-0.05, 0) is 31.6 Å². The molecule has 0 spiro atoms. The zero-order valence-electron chi connectivity index (χ0n) is 7.82. The van der Waals surface area contributed by atoms with Crippen molar-refractivity contribution in [2.45, 2.75) is 13.3 Å². The van der Waals surface area contributed by atoms with E-state index in [0.29, 0.717) is 0 Å². The van der Waals surface area contributed by atoms with Crippen LogP contribution in [0.15, 0.2) is 24.3 Å². The minimum absolute atomic E-state index is 0.